The number of benzene rings is 2. The molecule has 25 heavy (non-hydrogen) atoms. The summed E-state index contributed by atoms with van der Waals surface area (Å²) in [5.74, 6) is 0.434. The maximum atomic E-state index is 13.1. The first-order chi connectivity index (χ1) is 11.8. The van der Waals surface area contributed by atoms with Gasteiger partial charge in [-0.1, -0.05) is 36.4 Å². The Hall–Kier alpha value is -2.31. The molecule has 2 aromatic carbocycles. The largest absolute Gasteiger partial charge is 0.496 e. The van der Waals surface area contributed by atoms with E-state index in [0.29, 0.717) is 17.0 Å². The van der Waals surface area contributed by atoms with Crippen LogP contribution in [0.25, 0.3) is 0 Å². The van der Waals surface area contributed by atoms with E-state index in [2.05, 4.69) is 6.58 Å². The van der Waals surface area contributed by atoms with Gasteiger partial charge in [-0.05, 0) is 31.2 Å². The van der Waals surface area contributed by atoms with Gasteiger partial charge in [-0.2, -0.15) is 0 Å². The lowest BCUT2D eigenvalue weighted by molar-refractivity contribution is 0.0764. The van der Waals surface area contributed by atoms with Crippen molar-refractivity contribution < 1.29 is 18.3 Å². The monoisotopic (exact) mass is 359 g/mol. The van der Waals surface area contributed by atoms with Crippen LogP contribution in [0.2, 0.25) is 0 Å². The predicted molar refractivity (Wildman–Crippen MR) is 97.4 cm³/mol. The third-order valence-corrected chi connectivity index (χ3v) is 6.40. The van der Waals surface area contributed by atoms with Gasteiger partial charge >= 0.3 is 0 Å². The summed E-state index contributed by atoms with van der Waals surface area (Å²) in [5, 5.41) is 10.9. The summed E-state index contributed by atoms with van der Waals surface area (Å²) in [6.07, 6.45) is 1.64. The van der Waals surface area contributed by atoms with Crippen molar-refractivity contribution >= 4 is 15.7 Å². The predicted octanol–water partition coefficient (Wildman–Crippen LogP) is 2.98. The third-order valence-electron chi connectivity index (χ3n) is 4.57. The fraction of sp³-hybridized carbons (Fsp3) is 0.263. The van der Waals surface area contributed by atoms with Gasteiger partial charge in [0.05, 0.1) is 23.3 Å². The Morgan fingerprint density at radius 3 is 2.52 bits per heavy atom. The molecule has 0 radical (unpaired) electrons. The van der Waals surface area contributed by atoms with Crippen molar-refractivity contribution in [3.8, 4) is 5.75 Å². The zero-order valence-electron chi connectivity index (χ0n) is 14.3. The van der Waals surface area contributed by atoms with Gasteiger partial charge in [0.2, 0.25) is 0 Å². The average Bonchev–Trinajstić information content (AvgIpc) is 2.61. The minimum atomic E-state index is -3.74. The number of ether oxygens (including phenoxy) is 1. The molecule has 0 bridgehead atoms. The van der Waals surface area contributed by atoms with E-state index in [9.17, 15) is 13.5 Å². The summed E-state index contributed by atoms with van der Waals surface area (Å²) in [6, 6.07) is 11.8. The van der Waals surface area contributed by atoms with Crippen LogP contribution in [0.1, 0.15) is 17.5 Å². The Labute approximate surface area is 148 Å². The highest BCUT2D eigenvalue weighted by Gasteiger charge is 2.41. The van der Waals surface area contributed by atoms with Gasteiger partial charge in [0.25, 0.3) is 10.0 Å². The molecule has 6 heteroatoms. The molecule has 0 saturated heterocycles. The summed E-state index contributed by atoms with van der Waals surface area (Å²) < 4.78 is 33.0. The zero-order chi connectivity index (χ0) is 18.2. The molecule has 0 saturated carbocycles. The number of hydrogen-bond donors (Lipinski definition) is 1. The Balaban J connectivity index is 2.19. The zero-order valence-corrected chi connectivity index (χ0v) is 15.1. The number of rotatable bonds is 4. The van der Waals surface area contributed by atoms with E-state index < -0.39 is 15.6 Å². The average molecular weight is 359 g/mol. The van der Waals surface area contributed by atoms with Crippen molar-refractivity contribution in [3.63, 3.8) is 0 Å². The molecule has 2 aromatic rings. The van der Waals surface area contributed by atoms with Crippen LogP contribution in [-0.2, 0) is 15.6 Å². The smallest absolute Gasteiger partial charge is 0.264 e. The number of anilines is 1. The van der Waals surface area contributed by atoms with E-state index >= 15 is 0 Å². The maximum Gasteiger partial charge on any atom is 0.264 e. The van der Waals surface area contributed by atoms with Crippen LogP contribution in [-0.4, -0.2) is 27.2 Å². The molecule has 0 aliphatic carbocycles. The Morgan fingerprint density at radius 1 is 1.24 bits per heavy atom. The number of hydrogen-bond acceptors (Lipinski definition) is 4. The Morgan fingerprint density at radius 2 is 1.92 bits per heavy atom. The van der Waals surface area contributed by atoms with Gasteiger partial charge in [-0.3, -0.25) is 4.31 Å². The molecule has 132 valence electrons. The summed E-state index contributed by atoms with van der Waals surface area (Å²) in [4.78, 5) is 0.218. The molecule has 0 unspecified atom stereocenters. The molecule has 1 aliphatic heterocycles. The molecular weight excluding hydrogens is 338 g/mol. The molecule has 1 N–H and O–H groups in total. The van der Waals surface area contributed by atoms with Gasteiger partial charge in [0.15, 0.2) is 0 Å². The number of fused-ring (bicyclic) bond motifs is 1. The number of aryl methyl sites for hydroxylation is 1. The van der Waals surface area contributed by atoms with E-state index in [1.165, 1.54) is 17.5 Å². The molecule has 3 rings (SSSR count). The summed E-state index contributed by atoms with van der Waals surface area (Å²) in [6.45, 7) is 5.77. The lowest BCUT2D eigenvalue weighted by Gasteiger charge is -2.39. The van der Waals surface area contributed by atoms with Gasteiger partial charge in [0.1, 0.15) is 11.4 Å². The van der Waals surface area contributed by atoms with Crippen LogP contribution in [0.15, 0.2) is 60.0 Å². The minimum absolute atomic E-state index is 0.152. The topological polar surface area (TPSA) is 66.8 Å². The number of nitrogens with zero attached hydrogens (tertiary/aromatic N) is 1. The number of aliphatic hydroxyl groups is 1. The molecule has 0 fully saturated rings. The number of methoxy groups -OCH3 is 1. The lowest BCUT2D eigenvalue weighted by atomic mass is 9.85. The molecule has 5 nitrogen and oxygen atoms in total. The van der Waals surface area contributed by atoms with Crippen LogP contribution in [0.4, 0.5) is 5.69 Å². The standard InChI is InChI=1S/C19H21NO4S/c1-4-19(21)12-13-20(16-6-5-7-17(24-3)18(16)19)25(22,23)15-10-8-14(2)9-11-15/h4-11,21H,1,12-13H2,2-3H3/t19-/m0/s1. The van der Waals surface area contributed by atoms with Crippen molar-refractivity contribution in [2.75, 3.05) is 18.0 Å². The first-order valence-electron chi connectivity index (χ1n) is 7.96. The van der Waals surface area contributed by atoms with Crippen LogP contribution >= 0.6 is 0 Å². The Kier molecular flexibility index (Phi) is 4.34. The second-order valence-electron chi connectivity index (χ2n) is 6.12. The molecule has 1 heterocycles. The molecule has 0 spiro atoms. The molecule has 1 atom stereocenters. The SMILES string of the molecule is C=C[C@]1(O)CCN(S(=O)(=O)c2ccc(C)cc2)c2cccc(OC)c21. The van der Waals surface area contributed by atoms with Gasteiger partial charge < -0.3 is 9.84 Å². The van der Waals surface area contributed by atoms with E-state index in [4.69, 9.17) is 4.74 Å². The van der Waals surface area contributed by atoms with E-state index in [0.717, 1.165) is 5.56 Å². The molecule has 1 aliphatic rings. The van der Waals surface area contributed by atoms with Crippen molar-refractivity contribution in [3.05, 3.63) is 66.2 Å². The quantitative estimate of drug-likeness (QED) is 0.853. The summed E-state index contributed by atoms with van der Waals surface area (Å²) >= 11 is 0. The molecular formula is C19H21NO4S. The summed E-state index contributed by atoms with van der Waals surface area (Å²) in [5.41, 5.74) is 0.491. The molecule has 0 aromatic heterocycles. The maximum absolute atomic E-state index is 13.1. The van der Waals surface area contributed by atoms with Crippen molar-refractivity contribution in [1.82, 2.24) is 0 Å². The van der Waals surface area contributed by atoms with Crippen molar-refractivity contribution in [1.29, 1.82) is 0 Å². The first-order valence-corrected chi connectivity index (χ1v) is 9.40. The second kappa shape index (κ2) is 6.20. The van der Waals surface area contributed by atoms with Gasteiger partial charge in [-0.15, -0.1) is 0 Å². The fourth-order valence-electron chi connectivity index (χ4n) is 3.14. The normalized spacial score (nSPS) is 20.0. The highest BCUT2D eigenvalue weighted by atomic mass is 32.2. The van der Waals surface area contributed by atoms with Crippen LogP contribution in [0, 0.1) is 6.92 Å². The highest BCUT2D eigenvalue weighted by molar-refractivity contribution is 7.92. The van der Waals surface area contributed by atoms with Crippen molar-refractivity contribution in [2.45, 2.75) is 23.8 Å². The minimum Gasteiger partial charge on any atom is -0.496 e. The Bertz CT molecular complexity index is 906. The first kappa shape index (κ1) is 17.5. The van der Waals surface area contributed by atoms with Gasteiger partial charge in [-0.25, -0.2) is 8.42 Å². The van der Waals surface area contributed by atoms with Crippen LogP contribution in [0.5, 0.6) is 5.75 Å². The van der Waals surface area contributed by atoms with Gasteiger partial charge in [0, 0.05) is 13.0 Å². The number of sulfonamides is 1. The van der Waals surface area contributed by atoms with Crippen LogP contribution in [0.3, 0.4) is 0 Å². The third kappa shape index (κ3) is 2.81. The van der Waals surface area contributed by atoms with E-state index in [1.807, 2.05) is 6.92 Å². The summed E-state index contributed by atoms with van der Waals surface area (Å²) in [7, 11) is -2.25. The van der Waals surface area contributed by atoms with E-state index in [-0.39, 0.29) is 17.9 Å². The van der Waals surface area contributed by atoms with Crippen LogP contribution < -0.4 is 9.04 Å². The molecule has 0 amide bonds. The second-order valence-corrected chi connectivity index (χ2v) is 7.99. The fourth-order valence-corrected chi connectivity index (χ4v) is 4.62. The lowest BCUT2D eigenvalue weighted by Crippen LogP contribution is -2.42. The highest BCUT2D eigenvalue weighted by Crippen LogP contribution is 2.46. The van der Waals surface area contributed by atoms with E-state index in [1.54, 1.807) is 42.5 Å². The van der Waals surface area contributed by atoms with Crippen molar-refractivity contribution in [2.24, 2.45) is 0 Å².